The van der Waals surface area contributed by atoms with Crippen molar-refractivity contribution in [3.63, 3.8) is 0 Å². The van der Waals surface area contributed by atoms with Crippen molar-refractivity contribution in [2.24, 2.45) is 0 Å². The van der Waals surface area contributed by atoms with Gasteiger partial charge in [-0.1, -0.05) is 29.3 Å². The Bertz CT molecular complexity index is 1400. The Labute approximate surface area is 203 Å². The number of alkyl halides is 2. The van der Waals surface area contributed by atoms with Crippen molar-refractivity contribution in [1.29, 1.82) is 0 Å². The molecule has 1 fully saturated rings. The van der Waals surface area contributed by atoms with Crippen molar-refractivity contribution < 1.29 is 13.6 Å². The molecule has 1 aliphatic carbocycles. The number of nitrogens with zero attached hydrogens (tertiary/aromatic N) is 5. The standard InChI is InChI=1S/C23H20Cl2F2N6O/c1-12-21-16(22(26)27)9-18(13-2-3-13)28-23(21)33(30-12)11-20(34)29-19-6-7-32(31-19)10-14-4-5-15(24)8-17(14)25/h4-9,13,22H,2-3,10-11H2,1H3,(H,29,31,34). The summed E-state index contributed by atoms with van der Waals surface area (Å²) in [6.07, 6.45) is 0.926. The third-order valence-corrected chi connectivity index (χ3v) is 6.29. The molecule has 34 heavy (non-hydrogen) atoms. The third-order valence-electron chi connectivity index (χ3n) is 5.71. The number of anilines is 1. The highest BCUT2D eigenvalue weighted by Crippen LogP contribution is 2.41. The molecule has 1 amide bonds. The number of pyridine rings is 1. The Morgan fingerprint density at radius 1 is 1.21 bits per heavy atom. The molecule has 0 unspecified atom stereocenters. The third kappa shape index (κ3) is 4.63. The summed E-state index contributed by atoms with van der Waals surface area (Å²) in [4.78, 5) is 17.3. The van der Waals surface area contributed by atoms with Crippen LogP contribution in [0.4, 0.5) is 14.6 Å². The van der Waals surface area contributed by atoms with Gasteiger partial charge in [0.25, 0.3) is 6.43 Å². The topological polar surface area (TPSA) is 77.6 Å². The Morgan fingerprint density at radius 3 is 2.71 bits per heavy atom. The quantitative estimate of drug-likeness (QED) is 0.347. The molecular weight excluding hydrogens is 485 g/mol. The fourth-order valence-electron chi connectivity index (χ4n) is 3.94. The maximum Gasteiger partial charge on any atom is 0.264 e. The van der Waals surface area contributed by atoms with Gasteiger partial charge in [0.05, 0.1) is 17.6 Å². The Hall–Kier alpha value is -3.04. The minimum Gasteiger partial charge on any atom is -0.308 e. The van der Waals surface area contributed by atoms with E-state index in [0.717, 1.165) is 18.4 Å². The molecule has 0 atom stereocenters. The second-order valence-electron chi connectivity index (χ2n) is 8.34. The fourth-order valence-corrected chi connectivity index (χ4v) is 4.41. The summed E-state index contributed by atoms with van der Waals surface area (Å²) in [5.41, 5.74) is 2.09. The molecule has 3 heterocycles. The number of rotatable bonds is 7. The lowest BCUT2D eigenvalue weighted by Crippen LogP contribution is -2.20. The summed E-state index contributed by atoms with van der Waals surface area (Å²) in [6, 6.07) is 8.35. The highest BCUT2D eigenvalue weighted by atomic mass is 35.5. The molecule has 176 valence electrons. The SMILES string of the molecule is Cc1nn(CC(=O)Nc2ccn(Cc3ccc(Cl)cc3Cl)n2)c2nc(C3CC3)cc(C(F)F)c12. The molecule has 3 aromatic heterocycles. The van der Waals surface area contributed by atoms with E-state index in [2.05, 4.69) is 20.5 Å². The summed E-state index contributed by atoms with van der Waals surface area (Å²) in [7, 11) is 0. The van der Waals surface area contributed by atoms with Crippen LogP contribution in [0.2, 0.25) is 10.0 Å². The number of carbonyl (C=O) groups excluding carboxylic acids is 1. The summed E-state index contributed by atoms with van der Waals surface area (Å²) >= 11 is 12.2. The summed E-state index contributed by atoms with van der Waals surface area (Å²) in [6.45, 7) is 1.87. The first-order valence-electron chi connectivity index (χ1n) is 10.7. The minimum absolute atomic E-state index is 0.0874. The van der Waals surface area contributed by atoms with E-state index in [1.165, 1.54) is 10.7 Å². The monoisotopic (exact) mass is 504 g/mol. The average Bonchev–Trinajstić information content (AvgIpc) is 3.47. The summed E-state index contributed by atoms with van der Waals surface area (Å²) in [5, 5.41) is 12.8. The molecule has 1 N–H and O–H groups in total. The van der Waals surface area contributed by atoms with E-state index in [9.17, 15) is 13.6 Å². The number of hydrogen-bond donors (Lipinski definition) is 1. The van der Waals surface area contributed by atoms with Gasteiger partial charge in [-0.2, -0.15) is 10.2 Å². The van der Waals surface area contributed by atoms with Gasteiger partial charge in [-0.25, -0.2) is 18.4 Å². The van der Waals surface area contributed by atoms with Crippen LogP contribution in [0.1, 0.15) is 47.7 Å². The molecule has 0 bridgehead atoms. The molecule has 1 aromatic carbocycles. The maximum atomic E-state index is 13.7. The lowest BCUT2D eigenvalue weighted by Gasteiger charge is -2.08. The lowest BCUT2D eigenvalue weighted by atomic mass is 10.1. The van der Waals surface area contributed by atoms with Crippen molar-refractivity contribution >= 4 is 46.0 Å². The second kappa shape index (κ2) is 8.96. The van der Waals surface area contributed by atoms with E-state index < -0.39 is 12.3 Å². The molecule has 1 saturated carbocycles. The molecule has 4 aromatic rings. The van der Waals surface area contributed by atoms with Crippen LogP contribution < -0.4 is 5.32 Å². The van der Waals surface area contributed by atoms with Crippen LogP contribution in [0.25, 0.3) is 11.0 Å². The van der Waals surface area contributed by atoms with Gasteiger partial charge in [0.15, 0.2) is 11.5 Å². The molecule has 11 heteroatoms. The van der Waals surface area contributed by atoms with E-state index >= 15 is 0 Å². The van der Waals surface area contributed by atoms with E-state index in [1.54, 1.807) is 36.0 Å². The van der Waals surface area contributed by atoms with Crippen LogP contribution >= 0.6 is 23.2 Å². The number of fused-ring (bicyclic) bond motifs is 1. The molecule has 0 aliphatic heterocycles. The number of halogens is 4. The number of amides is 1. The van der Waals surface area contributed by atoms with Crippen LogP contribution in [-0.4, -0.2) is 30.5 Å². The smallest absolute Gasteiger partial charge is 0.264 e. The van der Waals surface area contributed by atoms with Gasteiger partial charge >= 0.3 is 0 Å². The zero-order valence-electron chi connectivity index (χ0n) is 18.1. The van der Waals surface area contributed by atoms with Gasteiger partial charge in [0.2, 0.25) is 5.91 Å². The average molecular weight is 505 g/mol. The van der Waals surface area contributed by atoms with E-state index in [-0.39, 0.29) is 18.0 Å². The van der Waals surface area contributed by atoms with Crippen LogP contribution in [-0.2, 0) is 17.9 Å². The molecular formula is C23H20Cl2F2N6O. The van der Waals surface area contributed by atoms with Crippen molar-refractivity contribution in [3.05, 3.63) is 69.1 Å². The van der Waals surface area contributed by atoms with Crippen LogP contribution in [0, 0.1) is 6.92 Å². The Kier molecular flexibility index (Phi) is 5.99. The first-order chi connectivity index (χ1) is 16.3. The maximum absolute atomic E-state index is 13.7. The Morgan fingerprint density at radius 2 is 2.00 bits per heavy atom. The van der Waals surface area contributed by atoms with Gasteiger partial charge in [0, 0.05) is 39.5 Å². The lowest BCUT2D eigenvalue weighted by molar-refractivity contribution is -0.116. The summed E-state index contributed by atoms with van der Waals surface area (Å²) in [5.74, 6) is 0.150. The van der Waals surface area contributed by atoms with E-state index in [4.69, 9.17) is 23.2 Å². The number of aryl methyl sites for hydroxylation is 1. The Balaban J connectivity index is 1.33. The molecule has 0 saturated heterocycles. The summed E-state index contributed by atoms with van der Waals surface area (Å²) < 4.78 is 30.5. The highest BCUT2D eigenvalue weighted by Gasteiger charge is 2.29. The van der Waals surface area contributed by atoms with Crippen LogP contribution in [0.5, 0.6) is 0 Å². The second-order valence-corrected chi connectivity index (χ2v) is 9.18. The van der Waals surface area contributed by atoms with Gasteiger partial charge in [-0.3, -0.25) is 9.48 Å². The number of benzene rings is 1. The number of aromatic nitrogens is 5. The van der Waals surface area contributed by atoms with Crippen molar-refractivity contribution in [1.82, 2.24) is 24.5 Å². The molecule has 0 spiro atoms. The number of hydrogen-bond acceptors (Lipinski definition) is 4. The highest BCUT2D eigenvalue weighted by molar-refractivity contribution is 6.35. The number of carbonyl (C=O) groups is 1. The predicted octanol–water partition coefficient (Wildman–Crippen LogP) is 5.75. The van der Waals surface area contributed by atoms with Gasteiger partial charge < -0.3 is 5.32 Å². The van der Waals surface area contributed by atoms with Gasteiger partial charge in [0.1, 0.15) is 6.54 Å². The van der Waals surface area contributed by atoms with Gasteiger partial charge in [-0.05, 0) is 43.5 Å². The normalized spacial score (nSPS) is 13.7. The minimum atomic E-state index is -2.65. The number of nitrogens with one attached hydrogen (secondary N) is 1. The van der Waals surface area contributed by atoms with Crippen LogP contribution in [0.15, 0.2) is 36.5 Å². The van der Waals surface area contributed by atoms with Crippen molar-refractivity contribution in [3.8, 4) is 0 Å². The van der Waals surface area contributed by atoms with Gasteiger partial charge in [-0.15, -0.1) is 0 Å². The van der Waals surface area contributed by atoms with E-state index in [1.807, 2.05) is 6.07 Å². The molecule has 7 nitrogen and oxygen atoms in total. The van der Waals surface area contributed by atoms with E-state index in [0.29, 0.717) is 44.8 Å². The van der Waals surface area contributed by atoms with Crippen molar-refractivity contribution in [2.45, 2.75) is 45.2 Å². The predicted molar refractivity (Wildman–Crippen MR) is 126 cm³/mol. The first-order valence-corrected chi connectivity index (χ1v) is 11.5. The zero-order valence-corrected chi connectivity index (χ0v) is 19.6. The van der Waals surface area contributed by atoms with Crippen LogP contribution in [0.3, 0.4) is 0 Å². The molecule has 5 rings (SSSR count). The van der Waals surface area contributed by atoms with Crippen molar-refractivity contribution in [2.75, 3.05) is 5.32 Å². The zero-order chi connectivity index (χ0) is 24.0. The first kappa shape index (κ1) is 22.7. The molecule has 1 aliphatic rings. The largest absolute Gasteiger partial charge is 0.308 e. The molecule has 0 radical (unpaired) electrons. The fraction of sp³-hybridized carbons (Fsp3) is 0.304.